The number of esters is 1. The molecule has 0 radical (unpaired) electrons. The molecule has 0 saturated heterocycles. The van der Waals surface area contributed by atoms with Crippen LogP contribution in [0, 0.1) is 40.4 Å². The topological polar surface area (TPSA) is 46.5 Å². The van der Waals surface area contributed by atoms with Crippen LogP contribution in [0.4, 0.5) is 0 Å². The highest BCUT2D eigenvalue weighted by molar-refractivity contribution is 5.65. The fourth-order valence-electron chi connectivity index (χ4n) is 7.48. The Bertz CT molecular complexity index is 665. The van der Waals surface area contributed by atoms with Crippen LogP contribution in [-0.2, 0) is 9.53 Å². The summed E-state index contributed by atoms with van der Waals surface area (Å²) in [4.78, 5) is 11.3. The summed E-state index contributed by atoms with van der Waals surface area (Å²) in [6.45, 7) is 9.31. The smallest absolute Gasteiger partial charge is 0.302 e. The highest BCUT2D eigenvalue weighted by atomic mass is 16.5. The van der Waals surface area contributed by atoms with Gasteiger partial charge < -0.3 is 9.84 Å². The molecule has 150 valence electrons. The molecule has 0 bridgehead atoms. The number of ether oxygens (including phenoxy) is 1. The van der Waals surface area contributed by atoms with Gasteiger partial charge in [0.25, 0.3) is 0 Å². The van der Waals surface area contributed by atoms with Gasteiger partial charge in [0.05, 0.1) is 12.7 Å². The molecule has 3 nitrogen and oxygen atoms in total. The Morgan fingerprint density at radius 1 is 1.22 bits per heavy atom. The van der Waals surface area contributed by atoms with Gasteiger partial charge >= 0.3 is 5.97 Å². The second kappa shape index (κ2) is 6.76. The van der Waals surface area contributed by atoms with Crippen molar-refractivity contribution >= 4 is 5.97 Å². The van der Waals surface area contributed by atoms with Crippen LogP contribution in [0.2, 0.25) is 0 Å². The number of carbonyl (C=O) groups excluding carboxylic acids is 1. The molecule has 0 aliphatic heterocycles. The fraction of sp³-hybridized carbons (Fsp3) is 0.792. The lowest BCUT2D eigenvalue weighted by molar-refractivity contribution is -0.143. The van der Waals surface area contributed by atoms with E-state index in [2.05, 4.69) is 39.0 Å². The molecular weight excluding hydrogens is 336 g/mol. The molecule has 5 unspecified atom stereocenters. The quantitative estimate of drug-likeness (QED) is 0.717. The van der Waals surface area contributed by atoms with Crippen LogP contribution in [0.5, 0.6) is 0 Å². The summed E-state index contributed by atoms with van der Waals surface area (Å²) in [6.07, 6.45) is 13.8. The first-order valence-electron chi connectivity index (χ1n) is 11.0. The minimum Gasteiger partial charge on any atom is -0.466 e. The average Bonchev–Trinajstić information content (AvgIpc) is 2.97. The zero-order chi connectivity index (χ0) is 19.4. The Morgan fingerprint density at radius 2 is 2.00 bits per heavy atom. The van der Waals surface area contributed by atoms with Crippen LogP contribution >= 0.6 is 0 Å². The number of aliphatic hydroxyl groups excluding tert-OH is 1. The number of rotatable bonds is 3. The van der Waals surface area contributed by atoms with Crippen molar-refractivity contribution in [3.63, 3.8) is 0 Å². The van der Waals surface area contributed by atoms with E-state index in [1.54, 1.807) is 0 Å². The summed E-state index contributed by atoms with van der Waals surface area (Å²) in [6, 6.07) is 0. The van der Waals surface area contributed by atoms with Crippen molar-refractivity contribution in [1.82, 2.24) is 0 Å². The molecule has 0 spiro atoms. The number of fused-ring (bicyclic) bond motifs is 5. The zero-order valence-corrected chi connectivity index (χ0v) is 17.4. The molecule has 4 aliphatic rings. The second-order valence-electron chi connectivity index (χ2n) is 10.3. The molecule has 2 fully saturated rings. The van der Waals surface area contributed by atoms with Crippen LogP contribution in [-0.4, -0.2) is 23.8 Å². The predicted octanol–water partition coefficient (Wildman–Crippen LogP) is 4.90. The van der Waals surface area contributed by atoms with Crippen LogP contribution in [0.1, 0.15) is 66.2 Å². The van der Waals surface area contributed by atoms with Crippen LogP contribution in [0.25, 0.3) is 0 Å². The normalized spacial score (nSPS) is 46.7. The summed E-state index contributed by atoms with van der Waals surface area (Å²) in [5, 5.41) is 10.1. The van der Waals surface area contributed by atoms with Gasteiger partial charge in [-0.3, -0.25) is 4.79 Å². The van der Waals surface area contributed by atoms with E-state index in [4.69, 9.17) is 4.74 Å². The molecule has 4 rings (SSSR count). The average molecular weight is 373 g/mol. The van der Waals surface area contributed by atoms with Gasteiger partial charge in [-0.1, -0.05) is 39.0 Å². The molecule has 2 saturated carbocycles. The number of hydrogen-bond donors (Lipinski definition) is 1. The Kier molecular flexibility index (Phi) is 4.81. The Balaban J connectivity index is 1.58. The van der Waals surface area contributed by atoms with Crippen molar-refractivity contribution < 1.29 is 14.6 Å². The second-order valence-corrected chi connectivity index (χ2v) is 10.3. The molecule has 4 aliphatic carbocycles. The molecule has 0 amide bonds. The van der Waals surface area contributed by atoms with Crippen molar-refractivity contribution in [3.8, 4) is 0 Å². The largest absolute Gasteiger partial charge is 0.466 e. The summed E-state index contributed by atoms with van der Waals surface area (Å²) >= 11 is 0. The van der Waals surface area contributed by atoms with E-state index in [0.717, 1.165) is 18.8 Å². The van der Waals surface area contributed by atoms with Gasteiger partial charge in [-0.15, -0.1) is 0 Å². The van der Waals surface area contributed by atoms with E-state index in [9.17, 15) is 9.90 Å². The van der Waals surface area contributed by atoms with Crippen molar-refractivity contribution in [3.05, 3.63) is 23.8 Å². The fourth-order valence-corrected chi connectivity index (χ4v) is 7.48. The third kappa shape index (κ3) is 3.01. The van der Waals surface area contributed by atoms with Gasteiger partial charge in [0.1, 0.15) is 0 Å². The van der Waals surface area contributed by atoms with Crippen molar-refractivity contribution in [2.24, 2.45) is 40.4 Å². The first-order chi connectivity index (χ1) is 12.8. The molecular formula is C24H36O3. The van der Waals surface area contributed by atoms with Crippen LogP contribution in [0.15, 0.2) is 23.8 Å². The number of hydrogen-bond acceptors (Lipinski definition) is 3. The Hall–Kier alpha value is -1.09. The van der Waals surface area contributed by atoms with E-state index in [1.807, 2.05) is 0 Å². The lowest BCUT2D eigenvalue weighted by Gasteiger charge is -2.56. The van der Waals surface area contributed by atoms with Gasteiger partial charge in [-0.05, 0) is 84.5 Å². The lowest BCUT2D eigenvalue weighted by Crippen LogP contribution is -2.49. The van der Waals surface area contributed by atoms with Gasteiger partial charge in [0, 0.05) is 6.92 Å². The summed E-state index contributed by atoms with van der Waals surface area (Å²) < 4.78 is 5.36. The van der Waals surface area contributed by atoms with E-state index in [1.165, 1.54) is 38.2 Å². The monoisotopic (exact) mass is 372 g/mol. The third-order valence-electron chi connectivity index (χ3n) is 8.95. The molecule has 1 N–H and O–H groups in total. The Morgan fingerprint density at radius 3 is 2.74 bits per heavy atom. The Labute approximate surface area is 164 Å². The summed E-state index contributed by atoms with van der Waals surface area (Å²) in [7, 11) is 0. The standard InChI is InChI=1S/C24H36O3/c1-15(14-27-16(2)25)20-7-8-21-19-6-5-17-13-18(26)9-11-23(17,3)22(19)10-12-24(20,21)4/h5-6,13,15,18-22,26H,7-12,14H2,1-4H3/t15-,18?,19?,20?,21?,22?,23+,24-/m1/s1. The van der Waals surface area contributed by atoms with Gasteiger partial charge in [0.15, 0.2) is 0 Å². The molecule has 0 aromatic rings. The maximum atomic E-state index is 11.3. The number of allylic oxidation sites excluding steroid dienone is 3. The summed E-state index contributed by atoms with van der Waals surface area (Å²) in [5.74, 6) is 3.03. The molecule has 8 atom stereocenters. The highest BCUT2D eigenvalue weighted by Gasteiger charge is 2.58. The molecule has 0 heterocycles. The highest BCUT2D eigenvalue weighted by Crippen LogP contribution is 2.66. The maximum Gasteiger partial charge on any atom is 0.302 e. The lowest BCUT2D eigenvalue weighted by atomic mass is 9.48. The SMILES string of the molecule is CC(=O)OC[C@@H](C)C1CCC2C3C=CC4=CC(O)CC[C@]4(C)C3CC[C@@]21C. The van der Waals surface area contributed by atoms with E-state index >= 15 is 0 Å². The minimum absolute atomic E-state index is 0.160. The maximum absolute atomic E-state index is 11.3. The molecule has 3 heteroatoms. The third-order valence-corrected chi connectivity index (χ3v) is 8.95. The van der Waals surface area contributed by atoms with Gasteiger partial charge in [0.2, 0.25) is 0 Å². The molecule has 27 heavy (non-hydrogen) atoms. The first kappa shape index (κ1) is 19.2. The van der Waals surface area contributed by atoms with E-state index in [-0.39, 0.29) is 17.5 Å². The van der Waals surface area contributed by atoms with Crippen molar-refractivity contribution in [2.75, 3.05) is 6.61 Å². The minimum atomic E-state index is -0.263. The van der Waals surface area contributed by atoms with Gasteiger partial charge in [-0.2, -0.15) is 0 Å². The van der Waals surface area contributed by atoms with Crippen molar-refractivity contribution in [2.45, 2.75) is 72.3 Å². The number of aliphatic hydroxyl groups is 1. The predicted molar refractivity (Wildman–Crippen MR) is 107 cm³/mol. The molecule has 0 aromatic heterocycles. The zero-order valence-electron chi connectivity index (χ0n) is 17.4. The van der Waals surface area contributed by atoms with Gasteiger partial charge in [-0.25, -0.2) is 0 Å². The molecule has 0 aromatic carbocycles. The first-order valence-corrected chi connectivity index (χ1v) is 11.0. The number of carbonyl (C=O) groups is 1. The van der Waals surface area contributed by atoms with E-state index in [0.29, 0.717) is 35.7 Å². The van der Waals surface area contributed by atoms with Crippen LogP contribution in [0.3, 0.4) is 0 Å². The van der Waals surface area contributed by atoms with Crippen LogP contribution < -0.4 is 0 Å². The van der Waals surface area contributed by atoms with E-state index < -0.39 is 0 Å². The van der Waals surface area contributed by atoms with Crippen molar-refractivity contribution in [1.29, 1.82) is 0 Å². The summed E-state index contributed by atoms with van der Waals surface area (Å²) in [5.41, 5.74) is 1.97.